The number of thiazole rings is 1. The average Bonchev–Trinajstić information content (AvgIpc) is 2.86. The van der Waals surface area contributed by atoms with Gasteiger partial charge in [0.25, 0.3) is 0 Å². The summed E-state index contributed by atoms with van der Waals surface area (Å²) in [6.07, 6.45) is 2.73. The Morgan fingerprint density at radius 2 is 2.33 bits per heavy atom. The fourth-order valence-corrected chi connectivity index (χ4v) is 3.60. The Bertz CT molecular complexity index is 475. The van der Waals surface area contributed by atoms with Crippen molar-refractivity contribution >= 4 is 17.2 Å². The Kier molecular flexibility index (Phi) is 5.72. The van der Waals surface area contributed by atoms with E-state index in [4.69, 9.17) is 0 Å². The molecule has 2 rings (SSSR count). The van der Waals surface area contributed by atoms with Crippen LogP contribution < -0.4 is 0 Å². The van der Waals surface area contributed by atoms with E-state index in [1.165, 1.54) is 12.8 Å². The Labute approximate surface area is 130 Å². The molecule has 0 aromatic carbocycles. The molecule has 0 saturated carbocycles. The molecule has 1 aromatic rings. The Morgan fingerprint density at radius 1 is 1.57 bits per heavy atom. The van der Waals surface area contributed by atoms with Crippen LogP contribution in [0, 0.1) is 5.92 Å². The molecule has 0 spiro atoms. The number of hydrogen-bond acceptors (Lipinski definition) is 5. The van der Waals surface area contributed by atoms with Gasteiger partial charge in [-0.05, 0) is 25.3 Å². The third kappa shape index (κ3) is 4.25. The second-order valence-electron chi connectivity index (χ2n) is 6.04. The molecule has 0 aliphatic carbocycles. The first-order chi connectivity index (χ1) is 10.0. The number of aromatic nitrogens is 1. The smallest absolute Gasteiger partial charge is 0.228 e. The van der Waals surface area contributed by atoms with Crippen LogP contribution in [0.25, 0.3) is 0 Å². The van der Waals surface area contributed by atoms with Gasteiger partial charge in [0.05, 0.1) is 18.7 Å². The number of nitrogens with zero attached hydrogens (tertiary/aromatic N) is 3. The first-order valence-electron chi connectivity index (χ1n) is 7.49. The van der Waals surface area contributed by atoms with Gasteiger partial charge in [-0.2, -0.15) is 0 Å². The summed E-state index contributed by atoms with van der Waals surface area (Å²) in [6.45, 7) is 4.19. The number of aliphatic hydroxyl groups is 1. The maximum atomic E-state index is 11.7. The first-order valence-corrected chi connectivity index (χ1v) is 8.37. The van der Waals surface area contributed by atoms with Crippen molar-refractivity contribution in [3.8, 4) is 0 Å². The molecule has 0 bridgehead atoms. The number of likely N-dealkylation sites (tertiary alicyclic amines) is 1. The number of carbonyl (C=O) groups is 1. The van der Waals surface area contributed by atoms with Crippen LogP contribution in [0.2, 0.25) is 0 Å². The summed E-state index contributed by atoms with van der Waals surface area (Å²) >= 11 is 1.55. The minimum absolute atomic E-state index is 0.0794. The fourth-order valence-electron chi connectivity index (χ4n) is 2.82. The van der Waals surface area contributed by atoms with Crippen LogP contribution in [0.5, 0.6) is 0 Å². The van der Waals surface area contributed by atoms with Crippen molar-refractivity contribution < 1.29 is 9.90 Å². The summed E-state index contributed by atoms with van der Waals surface area (Å²) in [5, 5.41) is 12.5. The molecular weight excluding hydrogens is 286 g/mol. The van der Waals surface area contributed by atoms with Gasteiger partial charge in [0.15, 0.2) is 0 Å². The molecule has 1 amide bonds. The van der Waals surface area contributed by atoms with Gasteiger partial charge < -0.3 is 10.0 Å². The number of carbonyl (C=O) groups excluding carboxylic acids is 1. The monoisotopic (exact) mass is 311 g/mol. The van der Waals surface area contributed by atoms with Gasteiger partial charge in [-0.15, -0.1) is 11.3 Å². The van der Waals surface area contributed by atoms with Gasteiger partial charge in [-0.3, -0.25) is 9.69 Å². The maximum absolute atomic E-state index is 11.7. The fraction of sp³-hybridized carbons (Fsp3) is 0.733. The zero-order valence-corrected chi connectivity index (χ0v) is 13.9. The van der Waals surface area contributed by atoms with Gasteiger partial charge in [0.2, 0.25) is 5.91 Å². The average molecular weight is 311 g/mol. The molecule has 118 valence electrons. The lowest BCUT2D eigenvalue weighted by atomic mass is 9.91. The molecule has 1 fully saturated rings. The minimum atomic E-state index is 0.0794. The third-order valence-corrected chi connectivity index (χ3v) is 5.08. The Morgan fingerprint density at radius 3 is 3.00 bits per heavy atom. The van der Waals surface area contributed by atoms with Crippen LogP contribution in [0.3, 0.4) is 0 Å². The van der Waals surface area contributed by atoms with E-state index < -0.39 is 0 Å². The molecule has 2 unspecified atom stereocenters. The number of rotatable bonds is 5. The van der Waals surface area contributed by atoms with E-state index in [0.717, 1.165) is 23.8 Å². The molecule has 1 N–H and O–H groups in total. The van der Waals surface area contributed by atoms with E-state index in [1.54, 1.807) is 30.3 Å². The summed E-state index contributed by atoms with van der Waals surface area (Å²) in [6, 6.07) is 0.229. The summed E-state index contributed by atoms with van der Waals surface area (Å²) in [4.78, 5) is 20.2. The Hall–Kier alpha value is -0.980. The third-order valence-electron chi connectivity index (χ3n) is 4.18. The number of likely N-dealkylation sites (N-methyl/N-ethyl adjacent to an activating group) is 1. The lowest BCUT2D eigenvalue weighted by Crippen LogP contribution is -2.46. The van der Waals surface area contributed by atoms with Crippen LogP contribution >= 0.6 is 11.3 Å². The number of hydrogen-bond donors (Lipinski definition) is 1. The lowest BCUT2D eigenvalue weighted by molar-refractivity contribution is -0.127. The van der Waals surface area contributed by atoms with Crippen molar-refractivity contribution in [1.29, 1.82) is 0 Å². The standard InChI is InChI=1S/C15H25N3O2S/c1-11-5-4-6-18(13(11)9-19)8-12-10-21-14(16-12)7-15(20)17(2)3/h10-11,13,19H,4-9H2,1-3H3. The first kappa shape index (κ1) is 16.4. The SMILES string of the molecule is CC1CCCN(Cc2csc(CC(=O)N(C)C)n2)C1CO. The van der Waals surface area contributed by atoms with Crippen molar-refractivity contribution in [1.82, 2.24) is 14.8 Å². The summed E-state index contributed by atoms with van der Waals surface area (Å²) < 4.78 is 0. The summed E-state index contributed by atoms with van der Waals surface area (Å²) in [7, 11) is 3.52. The molecule has 0 radical (unpaired) electrons. The quantitative estimate of drug-likeness (QED) is 0.892. The largest absolute Gasteiger partial charge is 0.395 e. The number of aliphatic hydroxyl groups excluding tert-OH is 1. The molecule has 1 aliphatic rings. The second kappa shape index (κ2) is 7.33. The van der Waals surface area contributed by atoms with Crippen molar-refractivity contribution in [3.63, 3.8) is 0 Å². The van der Waals surface area contributed by atoms with Crippen LogP contribution in [0.15, 0.2) is 5.38 Å². The predicted octanol–water partition coefficient (Wildman–Crippen LogP) is 1.37. The molecule has 21 heavy (non-hydrogen) atoms. The molecule has 2 atom stereocenters. The zero-order valence-electron chi connectivity index (χ0n) is 13.1. The van der Waals surface area contributed by atoms with Crippen LogP contribution in [0.4, 0.5) is 0 Å². The summed E-state index contributed by atoms with van der Waals surface area (Å²) in [5.41, 5.74) is 1.01. The van der Waals surface area contributed by atoms with Gasteiger partial charge in [-0.1, -0.05) is 6.92 Å². The van der Waals surface area contributed by atoms with Gasteiger partial charge >= 0.3 is 0 Å². The highest BCUT2D eigenvalue weighted by atomic mass is 32.1. The Balaban J connectivity index is 1.96. The highest BCUT2D eigenvalue weighted by Gasteiger charge is 2.28. The van der Waals surface area contributed by atoms with Crippen molar-refractivity contribution in [2.75, 3.05) is 27.2 Å². The van der Waals surface area contributed by atoms with E-state index in [9.17, 15) is 9.90 Å². The van der Waals surface area contributed by atoms with Crippen molar-refractivity contribution in [3.05, 3.63) is 16.1 Å². The normalized spacial score (nSPS) is 23.2. The lowest BCUT2D eigenvalue weighted by Gasteiger charge is -2.38. The van der Waals surface area contributed by atoms with E-state index >= 15 is 0 Å². The molecule has 6 heteroatoms. The van der Waals surface area contributed by atoms with E-state index in [2.05, 4.69) is 16.8 Å². The summed E-state index contributed by atoms with van der Waals surface area (Å²) in [5.74, 6) is 0.605. The maximum Gasteiger partial charge on any atom is 0.228 e. The zero-order chi connectivity index (χ0) is 15.4. The van der Waals surface area contributed by atoms with Crippen LogP contribution in [-0.2, 0) is 17.8 Å². The number of amides is 1. The van der Waals surface area contributed by atoms with E-state index in [1.807, 2.05) is 5.38 Å². The van der Waals surface area contributed by atoms with Crippen LogP contribution in [0.1, 0.15) is 30.5 Å². The second-order valence-corrected chi connectivity index (χ2v) is 6.98. The highest BCUT2D eigenvalue weighted by molar-refractivity contribution is 7.09. The minimum Gasteiger partial charge on any atom is -0.395 e. The predicted molar refractivity (Wildman–Crippen MR) is 84.2 cm³/mol. The topological polar surface area (TPSA) is 56.7 Å². The van der Waals surface area contributed by atoms with Gasteiger partial charge in [0, 0.05) is 32.1 Å². The molecular formula is C15H25N3O2S. The van der Waals surface area contributed by atoms with E-state index in [-0.39, 0.29) is 18.6 Å². The van der Waals surface area contributed by atoms with Crippen LogP contribution in [-0.4, -0.2) is 59.1 Å². The van der Waals surface area contributed by atoms with Crippen molar-refractivity contribution in [2.45, 2.75) is 38.8 Å². The highest BCUT2D eigenvalue weighted by Crippen LogP contribution is 2.25. The van der Waals surface area contributed by atoms with Gasteiger partial charge in [0.1, 0.15) is 5.01 Å². The molecule has 1 aliphatic heterocycles. The number of piperidine rings is 1. The van der Waals surface area contributed by atoms with Crippen molar-refractivity contribution in [2.24, 2.45) is 5.92 Å². The van der Waals surface area contributed by atoms with E-state index in [0.29, 0.717) is 12.3 Å². The molecule has 1 aromatic heterocycles. The molecule has 2 heterocycles. The molecule has 5 nitrogen and oxygen atoms in total. The molecule has 1 saturated heterocycles. The van der Waals surface area contributed by atoms with Gasteiger partial charge in [-0.25, -0.2) is 4.98 Å².